The van der Waals surface area contributed by atoms with Crippen LogP contribution in [0.1, 0.15) is 18.3 Å². The van der Waals surface area contributed by atoms with Gasteiger partial charge in [-0.05, 0) is 42.0 Å². The van der Waals surface area contributed by atoms with Gasteiger partial charge in [0.15, 0.2) is 5.75 Å². The topological polar surface area (TPSA) is 49.1 Å². The molecule has 0 saturated carbocycles. The van der Waals surface area contributed by atoms with Crippen LogP contribution in [0.25, 0.3) is 22.2 Å². The minimum absolute atomic E-state index is 0.143. The maximum atomic E-state index is 12.2. The summed E-state index contributed by atoms with van der Waals surface area (Å²) in [5.74, 6) is 2.29. The Morgan fingerprint density at radius 1 is 1.10 bits per heavy atom. The summed E-state index contributed by atoms with van der Waals surface area (Å²) >= 11 is 1.78. The van der Waals surface area contributed by atoms with Crippen LogP contribution in [0.2, 0.25) is 0 Å². The normalized spacial score (nSPS) is 11.2. The van der Waals surface area contributed by atoms with Crippen molar-refractivity contribution < 1.29 is 4.74 Å². The van der Waals surface area contributed by atoms with Gasteiger partial charge in [0, 0.05) is 30.2 Å². The second-order valence-corrected chi connectivity index (χ2v) is 8.52. The molecular formula is C24H25N3O2S. The predicted molar refractivity (Wildman–Crippen MR) is 124 cm³/mol. The van der Waals surface area contributed by atoms with E-state index in [1.807, 2.05) is 18.3 Å². The quantitative estimate of drug-likeness (QED) is 0.418. The van der Waals surface area contributed by atoms with Crippen LogP contribution >= 0.6 is 11.8 Å². The van der Waals surface area contributed by atoms with Gasteiger partial charge in [-0.15, -0.1) is 11.8 Å². The Hall–Kier alpha value is -2.99. The predicted octanol–water partition coefficient (Wildman–Crippen LogP) is 4.88. The van der Waals surface area contributed by atoms with Crippen molar-refractivity contribution in [3.8, 4) is 16.9 Å². The van der Waals surface area contributed by atoms with Crippen molar-refractivity contribution >= 4 is 22.8 Å². The summed E-state index contributed by atoms with van der Waals surface area (Å²) in [5, 5.41) is 0. The highest BCUT2D eigenvalue weighted by Crippen LogP contribution is 2.34. The Balaban J connectivity index is 1.93. The first-order valence-electron chi connectivity index (χ1n) is 9.94. The molecule has 0 spiro atoms. The van der Waals surface area contributed by atoms with E-state index in [1.165, 1.54) is 12.7 Å². The fourth-order valence-corrected chi connectivity index (χ4v) is 4.50. The van der Waals surface area contributed by atoms with E-state index in [2.05, 4.69) is 54.8 Å². The van der Waals surface area contributed by atoms with E-state index in [0.29, 0.717) is 5.75 Å². The zero-order valence-electron chi connectivity index (χ0n) is 17.7. The Morgan fingerprint density at radius 3 is 2.57 bits per heavy atom. The minimum atomic E-state index is -0.143. The van der Waals surface area contributed by atoms with Crippen molar-refractivity contribution in [3.05, 3.63) is 76.5 Å². The molecule has 2 aromatic heterocycles. The molecule has 5 nitrogen and oxygen atoms in total. The maximum Gasteiger partial charge on any atom is 0.292 e. The summed E-state index contributed by atoms with van der Waals surface area (Å²) in [5.41, 5.74) is 5.20. The van der Waals surface area contributed by atoms with E-state index in [1.54, 1.807) is 23.4 Å². The van der Waals surface area contributed by atoms with Crippen LogP contribution in [0.15, 0.2) is 64.4 Å². The van der Waals surface area contributed by atoms with Gasteiger partial charge in [0.2, 0.25) is 0 Å². The van der Waals surface area contributed by atoms with Gasteiger partial charge < -0.3 is 13.9 Å². The molecule has 6 heteroatoms. The highest BCUT2D eigenvalue weighted by molar-refractivity contribution is 7.99. The highest BCUT2D eigenvalue weighted by Gasteiger charge is 2.16. The van der Waals surface area contributed by atoms with Crippen LogP contribution in [0, 0.1) is 6.92 Å². The van der Waals surface area contributed by atoms with Crippen LogP contribution in [0.3, 0.4) is 0 Å². The monoisotopic (exact) mass is 419 g/mol. The number of aryl methyl sites for hydroxylation is 2. The van der Waals surface area contributed by atoms with Crippen LogP contribution in [0.4, 0.5) is 0 Å². The third-order valence-corrected chi connectivity index (χ3v) is 6.11. The summed E-state index contributed by atoms with van der Waals surface area (Å²) in [6.07, 6.45) is 1.86. The van der Waals surface area contributed by atoms with Crippen molar-refractivity contribution in [2.75, 3.05) is 12.9 Å². The zero-order chi connectivity index (χ0) is 21.3. The molecule has 0 N–H and O–H groups in total. The molecule has 2 heterocycles. The Kier molecular flexibility index (Phi) is 5.68. The number of fused-ring (bicyclic) bond motifs is 1. The third kappa shape index (κ3) is 3.75. The van der Waals surface area contributed by atoms with Gasteiger partial charge in [0.1, 0.15) is 11.3 Å². The summed E-state index contributed by atoms with van der Waals surface area (Å²) in [6.45, 7) is 4.96. The Labute approximate surface area is 180 Å². The number of thioether (sulfide) groups is 1. The first-order chi connectivity index (χ1) is 14.5. The van der Waals surface area contributed by atoms with Gasteiger partial charge in [-0.2, -0.15) is 0 Å². The highest BCUT2D eigenvalue weighted by atomic mass is 32.2. The maximum absolute atomic E-state index is 12.2. The molecule has 154 valence electrons. The molecule has 0 amide bonds. The molecule has 0 saturated heterocycles. The van der Waals surface area contributed by atoms with Crippen molar-refractivity contribution in [2.24, 2.45) is 7.05 Å². The average molecular weight is 420 g/mol. The second kappa shape index (κ2) is 8.40. The number of pyridine rings is 1. The largest absolute Gasteiger partial charge is 0.491 e. The lowest BCUT2D eigenvalue weighted by atomic mass is 10.1. The lowest BCUT2D eigenvalue weighted by molar-refractivity contribution is 0.405. The fraction of sp³-hybridized carbons (Fsp3) is 0.250. The van der Waals surface area contributed by atoms with E-state index in [4.69, 9.17) is 9.72 Å². The van der Waals surface area contributed by atoms with E-state index in [0.717, 1.165) is 45.2 Å². The number of hydrogen-bond acceptors (Lipinski definition) is 4. The molecule has 0 atom stereocenters. The molecular weight excluding hydrogens is 394 g/mol. The Morgan fingerprint density at radius 2 is 1.87 bits per heavy atom. The molecule has 0 unspecified atom stereocenters. The van der Waals surface area contributed by atoms with E-state index >= 15 is 0 Å². The summed E-state index contributed by atoms with van der Waals surface area (Å²) in [4.78, 5) is 18.3. The van der Waals surface area contributed by atoms with E-state index < -0.39 is 0 Å². The van der Waals surface area contributed by atoms with Gasteiger partial charge >= 0.3 is 0 Å². The van der Waals surface area contributed by atoms with E-state index in [9.17, 15) is 4.79 Å². The van der Waals surface area contributed by atoms with Gasteiger partial charge in [-0.25, -0.2) is 4.98 Å². The molecule has 0 aliphatic heterocycles. The van der Waals surface area contributed by atoms with Gasteiger partial charge in [-0.3, -0.25) is 4.79 Å². The lowest BCUT2D eigenvalue weighted by Crippen LogP contribution is -2.17. The summed E-state index contributed by atoms with van der Waals surface area (Å²) in [6, 6.07) is 16.6. The molecule has 0 radical (unpaired) electrons. The number of benzene rings is 2. The number of ether oxygens (including phenoxy) is 1. The molecule has 0 aliphatic carbocycles. The molecule has 2 aromatic carbocycles. The number of nitrogens with zero attached hydrogens (tertiary/aromatic N) is 3. The third-order valence-electron chi connectivity index (χ3n) is 5.20. The van der Waals surface area contributed by atoms with Crippen molar-refractivity contribution in [1.82, 2.24) is 14.1 Å². The van der Waals surface area contributed by atoms with Gasteiger partial charge in [0.05, 0.1) is 12.6 Å². The average Bonchev–Trinajstić information content (AvgIpc) is 3.06. The van der Waals surface area contributed by atoms with Gasteiger partial charge in [0.25, 0.3) is 5.56 Å². The lowest BCUT2D eigenvalue weighted by Gasteiger charge is -2.12. The molecule has 0 bridgehead atoms. The molecule has 0 aliphatic rings. The smallest absolute Gasteiger partial charge is 0.292 e. The Bertz CT molecular complexity index is 1260. The fourth-order valence-electron chi connectivity index (χ4n) is 3.69. The number of rotatable bonds is 6. The number of methoxy groups -OCH3 is 1. The van der Waals surface area contributed by atoms with Crippen LogP contribution in [0.5, 0.6) is 5.75 Å². The van der Waals surface area contributed by atoms with Gasteiger partial charge in [-0.1, -0.05) is 37.3 Å². The van der Waals surface area contributed by atoms with Crippen LogP contribution < -0.4 is 10.3 Å². The SMILES string of the molecule is CCSc1cc(-c2cc(OC)c(=O)n(C)c2)cc2c1nc(C)n2Cc1ccccc1. The molecule has 4 rings (SSSR count). The summed E-state index contributed by atoms with van der Waals surface area (Å²) in [7, 11) is 3.28. The first kappa shape index (κ1) is 20.3. The van der Waals surface area contributed by atoms with Crippen molar-refractivity contribution in [3.63, 3.8) is 0 Å². The molecule has 0 fully saturated rings. The van der Waals surface area contributed by atoms with Crippen LogP contribution in [-0.2, 0) is 13.6 Å². The number of imidazole rings is 1. The standard InChI is InChI=1S/C24H25N3O2S/c1-5-30-22-13-18(19-12-21(29-4)24(28)26(3)15-19)11-20-23(22)25-16(2)27(20)14-17-9-7-6-8-10-17/h6-13,15H,5,14H2,1-4H3. The van der Waals surface area contributed by atoms with Crippen molar-refractivity contribution in [1.29, 1.82) is 0 Å². The first-order valence-corrected chi connectivity index (χ1v) is 10.9. The zero-order valence-corrected chi connectivity index (χ0v) is 18.5. The van der Waals surface area contributed by atoms with Crippen molar-refractivity contribution in [2.45, 2.75) is 25.3 Å². The molecule has 30 heavy (non-hydrogen) atoms. The van der Waals surface area contributed by atoms with E-state index in [-0.39, 0.29) is 5.56 Å². The number of hydrogen-bond donors (Lipinski definition) is 0. The summed E-state index contributed by atoms with van der Waals surface area (Å²) < 4.78 is 9.13. The minimum Gasteiger partial charge on any atom is -0.491 e. The second-order valence-electron chi connectivity index (χ2n) is 7.22. The number of aromatic nitrogens is 3. The van der Waals surface area contributed by atoms with Crippen LogP contribution in [-0.4, -0.2) is 27.0 Å². The molecule has 4 aromatic rings.